The van der Waals surface area contributed by atoms with E-state index in [1.165, 1.54) is 5.56 Å². The lowest BCUT2D eigenvalue weighted by atomic mass is 9.99. The molecule has 1 aromatic rings. The Morgan fingerprint density at radius 1 is 1.43 bits per heavy atom. The molecule has 1 fully saturated rings. The predicted molar refractivity (Wildman–Crippen MR) is 92.7 cm³/mol. The number of carbonyl (C=O) groups excluding carboxylic acids is 1. The van der Waals surface area contributed by atoms with Gasteiger partial charge in [0.1, 0.15) is 6.17 Å². The molecule has 0 saturated carbocycles. The number of rotatable bonds is 7. The molecule has 0 spiro atoms. The van der Waals surface area contributed by atoms with Gasteiger partial charge in [0.25, 0.3) is 0 Å². The Labute approximate surface area is 136 Å². The van der Waals surface area contributed by atoms with Crippen molar-refractivity contribution < 1.29 is 4.79 Å². The van der Waals surface area contributed by atoms with Gasteiger partial charge >= 0.3 is 0 Å². The molecule has 2 rings (SSSR count). The van der Waals surface area contributed by atoms with E-state index in [2.05, 4.69) is 54.7 Å². The SMILES string of the molecule is CCSCC(C)N1C(=O)C(C(C)CC)NC1c1ccsc1. The van der Waals surface area contributed by atoms with E-state index in [-0.39, 0.29) is 24.2 Å². The first-order chi connectivity index (χ1) is 10.1. The van der Waals surface area contributed by atoms with Crippen LogP contribution in [0.1, 0.15) is 45.8 Å². The summed E-state index contributed by atoms with van der Waals surface area (Å²) in [5.41, 5.74) is 1.22. The lowest BCUT2D eigenvalue weighted by Crippen LogP contribution is -2.40. The van der Waals surface area contributed by atoms with E-state index in [0.717, 1.165) is 17.9 Å². The molecule has 0 aliphatic carbocycles. The highest BCUT2D eigenvalue weighted by atomic mass is 32.2. The van der Waals surface area contributed by atoms with Crippen molar-refractivity contribution in [3.63, 3.8) is 0 Å². The lowest BCUT2D eigenvalue weighted by molar-refractivity contribution is -0.132. The largest absolute Gasteiger partial charge is 0.318 e. The predicted octanol–water partition coefficient (Wildman–Crippen LogP) is 3.73. The maximum absolute atomic E-state index is 12.9. The first-order valence-electron chi connectivity index (χ1n) is 7.78. The van der Waals surface area contributed by atoms with E-state index in [4.69, 9.17) is 0 Å². The Morgan fingerprint density at radius 2 is 2.19 bits per heavy atom. The van der Waals surface area contributed by atoms with Crippen molar-refractivity contribution in [1.29, 1.82) is 0 Å². The number of nitrogens with one attached hydrogen (secondary N) is 1. The number of thiophene rings is 1. The van der Waals surface area contributed by atoms with Gasteiger partial charge in [-0.1, -0.05) is 27.2 Å². The minimum Gasteiger partial charge on any atom is -0.318 e. The van der Waals surface area contributed by atoms with Gasteiger partial charge in [-0.05, 0) is 41.0 Å². The molecule has 0 radical (unpaired) electrons. The van der Waals surface area contributed by atoms with Crippen LogP contribution in [0.15, 0.2) is 16.8 Å². The van der Waals surface area contributed by atoms with Crippen LogP contribution in [0, 0.1) is 5.92 Å². The van der Waals surface area contributed by atoms with Crippen molar-refractivity contribution in [1.82, 2.24) is 10.2 Å². The van der Waals surface area contributed by atoms with Crippen molar-refractivity contribution >= 4 is 29.0 Å². The first kappa shape index (κ1) is 16.8. The third-order valence-electron chi connectivity index (χ3n) is 4.25. The molecule has 4 atom stereocenters. The fraction of sp³-hybridized carbons (Fsp3) is 0.688. The van der Waals surface area contributed by atoms with Crippen molar-refractivity contribution in [3.05, 3.63) is 22.4 Å². The summed E-state index contributed by atoms with van der Waals surface area (Å²) in [6.45, 7) is 8.65. The van der Waals surface area contributed by atoms with E-state index in [1.54, 1.807) is 11.3 Å². The standard InChI is InChI=1S/C16H26N2OS2/c1-5-11(3)14-16(19)18(12(4)9-20-6-2)15(17-14)13-7-8-21-10-13/h7-8,10-12,14-15,17H,5-6,9H2,1-4H3. The number of hydrogen-bond donors (Lipinski definition) is 1. The van der Waals surface area contributed by atoms with Crippen LogP contribution in [0.25, 0.3) is 0 Å². The Balaban J connectivity index is 2.21. The molecular formula is C16H26N2OS2. The highest BCUT2D eigenvalue weighted by molar-refractivity contribution is 7.99. The Morgan fingerprint density at radius 3 is 2.76 bits per heavy atom. The minimum absolute atomic E-state index is 0.0372. The quantitative estimate of drug-likeness (QED) is 0.828. The molecule has 21 heavy (non-hydrogen) atoms. The molecule has 2 heterocycles. The third kappa shape index (κ3) is 3.63. The molecule has 4 unspecified atom stereocenters. The number of thioether (sulfide) groups is 1. The van der Waals surface area contributed by atoms with Crippen LogP contribution in [0.4, 0.5) is 0 Å². The van der Waals surface area contributed by atoms with E-state index < -0.39 is 0 Å². The Kier molecular flexibility index (Phi) is 6.14. The van der Waals surface area contributed by atoms with Crippen LogP contribution in [0.3, 0.4) is 0 Å². The maximum atomic E-state index is 12.9. The summed E-state index contributed by atoms with van der Waals surface area (Å²) < 4.78 is 0. The van der Waals surface area contributed by atoms with Gasteiger partial charge in [0.05, 0.1) is 6.04 Å². The second-order valence-corrected chi connectivity index (χ2v) is 7.84. The van der Waals surface area contributed by atoms with Crippen molar-refractivity contribution in [2.75, 3.05) is 11.5 Å². The van der Waals surface area contributed by atoms with Crippen LogP contribution in [-0.2, 0) is 4.79 Å². The topological polar surface area (TPSA) is 32.3 Å². The van der Waals surface area contributed by atoms with Gasteiger partial charge < -0.3 is 4.90 Å². The zero-order valence-corrected chi connectivity index (χ0v) is 15.0. The highest BCUT2D eigenvalue weighted by Crippen LogP contribution is 2.32. The number of nitrogens with zero attached hydrogens (tertiary/aromatic N) is 1. The molecule has 1 N–H and O–H groups in total. The van der Waals surface area contributed by atoms with Gasteiger partial charge in [0.15, 0.2) is 0 Å². The van der Waals surface area contributed by atoms with Crippen LogP contribution < -0.4 is 5.32 Å². The van der Waals surface area contributed by atoms with E-state index in [1.807, 2.05) is 11.8 Å². The molecule has 5 heteroatoms. The molecular weight excluding hydrogens is 300 g/mol. The van der Waals surface area contributed by atoms with Crippen molar-refractivity contribution in [2.24, 2.45) is 5.92 Å². The van der Waals surface area contributed by atoms with Gasteiger partial charge in [0.2, 0.25) is 5.91 Å². The van der Waals surface area contributed by atoms with Crippen LogP contribution in [-0.4, -0.2) is 34.4 Å². The van der Waals surface area contributed by atoms with Crippen molar-refractivity contribution in [2.45, 2.75) is 52.4 Å². The summed E-state index contributed by atoms with van der Waals surface area (Å²) in [5.74, 6) is 2.73. The van der Waals surface area contributed by atoms with Gasteiger partial charge in [-0.2, -0.15) is 23.1 Å². The van der Waals surface area contributed by atoms with Gasteiger partial charge in [-0.3, -0.25) is 10.1 Å². The Hall–Kier alpha value is -0.520. The molecule has 1 aliphatic rings. The minimum atomic E-state index is -0.0472. The van der Waals surface area contributed by atoms with Gasteiger partial charge in [-0.25, -0.2) is 0 Å². The number of amides is 1. The second-order valence-electron chi connectivity index (χ2n) is 5.74. The summed E-state index contributed by atoms with van der Waals surface area (Å²) in [6, 6.07) is 2.34. The zero-order chi connectivity index (χ0) is 15.4. The summed E-state index contributed by atoms with van der Waals surface area (Å²) in [7, 11) is 0. The number of hydrogen-bond acceptors (Lipinski definition) is 4. The molecule has 1 saturated heterocycles. The summed E-state index contributed by atoms with van der Waals surface area (Å²) in [6.07, 6.45) is 1.06. The van der Waals surface area contributed by atoms with Crippen LogP contribution >= 0.6 is 23.1 Å². The van der Waals surface area contributed by atoms with E-state index in [0.29, 0.717) is 5.92 Å². The maximum Gasteiger partial charge on any atom is 0.241 e. The smallest absolute Gasteiger partial charge is 0.241 e. The molecule has 1 aliphatic heterocycles. The lowest BCUT2D eigenvalue weighted by Gasteiger charge is -2.30. The fourth-order valence-electron chi connectivity index (χ4n) is 2.78. The first-order valence-corrected chi connectivity index (χ1v) is 9.87. The zero-order valence-electron chi connectivity index (χ0n) is 13.3. The van der Waals surface area contributed by atoms with Crippen LogP contribution in [0.2, 0.25) is 0 Å². The molecule has 0 bridgehead atoms. The molecule has 0 aromatic carbocycles. The van der Waals surface area contributed by atoms with Gasteiger partial charge in [0, 0.05) is 11.8 Å². The van der Waals surface area contributed by atoms with Crippen molar-refractivity contribution in [3.8, 4) is 0 Å². The number of carbonyl (C=O) groups is 1. The average molecular weight is 327 g/mol. The Bertz CT molecular complexity index is 449. The average Bonchev–Trinajstić information content (AvgIpc) is 3.11. The van der Waals surface area contributed by atoms with Gasteiger partial charge in [-0.15, -0.1) is 0 Å². The molecule has 1 aromatic heterocycles. The summed E-state index contributed by atoms with van der Waals surface area (Å²) in [5, 5.41) is 7.81. The highest BCUT2D eigenvalue weighted by Gasteiger charge is 2.43. The van der Waals surface area contributed by atoms with E-state index >= 15 is 0 Å². The summed E-state index contributed by atoms with van der Waals surface area (Å²) >= 11 is 3.59. The molecule has 118 valence electrons. The van der Waals surface area contributed by atoms with Crippen LogP contribution in [0.5, 0.6) is 0 Å². The summed E-state index contributed by atoms with van der Waals surface area (Å²) in [4.78, 5) is 14.9. The van der Waals surface area contributed by atoms with E-state index in [9.17, 15) is 4.79 Å². The monoisotopic (exact) mass is 326 g/mol. The second kappa shape index (κ2) is 7.65. The fourth-order valence-corrected chi connectivity index (χ4v) is 4.20. The third-order valence-corrected chi connectivity index (χ3v) is 6.07. The normalized spacial score (nSPS) is 25.3. The molecule has 1 amide bonds. The molecule has 3 nitrogen and oxygen atoms in total.